The third-order valence-corrected chi connectivity index (χ3v) is 9.35. The number of anilines is 1. The van der Waals surface area contributed by atoms with Gasteiger partial charge in [-0.2, -0.15) is 0 Å². The van der Waals surface area contributed by atoms with Crippen molar-refractivity contribution in [2.24, 2.45) is 23.7 Å². The van der Waals surface area contributed by atoms with Gasteiger partial charge < -0.3 is 15.2 Å². The highest BCUT2D eigenvalue weighted by atomic mass is 32.1. The van der Waals surface area contributed by atoms with Gasteiger partial charge in [-0.25, -0.2) is 4.79 Å². The van der Waals surface area contributed by atoms with E-state index in [1.165, 1.54) is 54.7 Å². The van der Waals surface area contributed by atoms with Crippen molar-refractivity contribution in [1.29, 1.82) is 0 Å². The lowest BCUT2D eigenvalue weighted by Crippen LogP contribution is -2.38. The zero-order valence-electron chi connectivity index (χ0n) is 20.4. The van der Waals surface area contributed by atoms with Crippen LogP contribution in [0, 0.1) is 23.7 Å². The van der Waals surface area contributed by atoms with Crippen LogP contribution in [-0.2, 0) is 27.2 Å². The molecule has 1 aromatic rings. The number of ether oxygens (including phenoxy) is 1. The molecule has 4 atom stereocenters. The molecular formula is C27H39NO5S. The second-order valence-corrected chi connectivity index (χ2v) is 11.4. The number of rotatable bonds is 5. The van der Waals surface area contributed by atoms with E-state index in [1.54, 1.807) is 6.92 Å². The maximum Gasteiger partial charge on any atom is 0.341 e. The van der Waals surface area contributed by atoms with Gasteiger partial charge >= 0.3 is 11.9 Å². The molecule has 3 aliphatic carbocycles. The summed E-state index contributed by atoms with van der Waals surface area (Å²) < 4.78 is 5.42. The predicted octanol–water partition coefficient (Wildman–Crippen LogP) is 6.22. The molecular weight excluding hydrogens is 450 g/mol. The van der Waals surface area contributed by atoms with Crippen LogP contribution in [0.5, 0.6) is 0 Å². The number of thiophene rings is 1. The Morgan fingerprint density at radius 3 is 2.12 bits per heavy atom. The molecule has 3 aliphatic rings. The highest BCUT2D eigenvalue weighted by Crippen LogP contribution is 2.53. The van der Waals surface area contributed by atoms with E-state index in [0.29, 0.717) is 10.6 Å². The number of hydrogen-bond donors (Lipinski definition) is 2. The molecule has 4 rings (SSSR count). The lowest BCUT2D eigenvalue weighted by molar-refractivity contribution is -0.148. The van der Waals surface area contributed by atoms with Crippen molar-refractivity contribution < 1.29 is 24.2 Å². The molecule has 0 radical (unpaired) electrons. The first-order valence-electron chi connectivity index (χ1n) is 13.4. The summed E-state index contributed by atoms with van der Waals surface area (Å²) in [6.07, 6.45) is 15.1. The molecule has 2 N–H and O–H groups in total. The van der Waals surface area contributed by atoms with Crippen molar-refractivity contribution in [3.63, 3.8) is 0 Å². The summed E-state index contributed by atoms with van der Waals surface area (Å²) in [4.78, 5) is 39.6. The van der Waals surface area contributed by atoms with Gasteiger partial charge in [-0.3, -0.25) is 9.59 Å². The summed E-state index contributed by atoms with van der Waals surface area (Å²) >= 11 is 1.51. The molecule has 1 heterocycles. The monoisotopic (exact) mass is 489 g/mol. The second-order valence-electron chi connectivity index (χ2n) is 10.3. The summed E-state index contributed by atoms with van der Waals surface area (Å²) in [7, 11) is 0. The van der Waals surface area contributed by atoms with Crippen molar-refractivity contribution in [2.75, 3.05) is 11.9 Å². The number of carbonyl (C=O) groups is 3. The third-order valence-electron chi connectivity index (χ3n) is 8.14. The minimum atomic E-state index is -0.869. The van der Waals surface area contributed by atoms with Gasteiger partial charge in [0, 0.05) is 4.88 Å². The smallest absolute Gasteiger partial charge is 0.341 e. The van der Waals surface area contributed by atoms with E-state index in [4.69, 9.17) is 4.74 Å². The largest absolute Gasteiger partial charge is 0.481 e. The van der Waals surface area contributed by atoms with E-state index in [0.717, 1.165) is 56.9 Å². The minimum absolute atomic E-state index is 0.0933. The van der Waals surface area contributed by atoms with E-state index in [1.807, 2.05) is 0 Å². The van der Waals surface area contributed by atoms with Crippen LogP contribution in [0.4, 0.5) is 5.00 Å². The molecule has 0 saturated heterocycles. The topological polar surface area (TPSA) is 92.7 Å². The van der Waals surface area contributed by atoms with Crippen LogP contribution in [0.3, 0.4) is 0 Å². The third kappa shape index (κ3) is 5.50. The molecule has 1 aromatic heterocycles. The minimum Gasteiger partial charge on any atom is -0.481 e. The summed E-state index contributed by atoms with van der Waals surface area (Å²) in [5, 5.41) is 13.4. The lowest BCUT2D eigenvalue weighted by Gasteiger charge is -2.27. The summed E-state index contributed by atoms with van der Waals surface area (Å²) in [6, 6.07) is 0. The van der Waals surface area contributed by atoms with Gasteiger partial charge in [-0.1, -0.05) is 44.9 Å². The Morgan fingerprint density at radius 2 is 1.50 bits per heavy atom. The van der Waals surface area contributed by atoms with E-state index >= 15 is 0 Å². The highest BCUT2D eigenvalue weighted by molar-refractivity contribution is 7.17. The molecule has 0 spiro atoms. The number of nitrogens with one attached hydrogen (secondary N) is 1. The Labute approximate surface area is 206 Å². The molecule has 188 valence electrons. The second kappa shape index (κ2) is 11.7. The Bertz CT molecular complexity index is 894. The van der Waals surface area contributed by atoms with Crippen molar-refractivity contribution in [2.45, 2.75) is 96.8 Å². The maximum atomic E-state index is 13.4. The highest BCUT2D eigenvalue weighted by Gasteiger charge is 2.54. The van der Waals surface area contributed by atoms with Crippen LogP contribution in [0.25, 0.3) is 0 Å². The molecule has 1 amide bonds. The molecule has 4 unspecified atom stereocenters. The molecule has 0 aromatic carbocycles. The normalized spacial score (nSPS) is 27.7. The van der Waals surface area contributed by atoms with Gasteiger partial charge in [-0.05, 0) is 69.3 Å². The van der Waals surface area contributed by atoms with Gasteiger partial charge in [0.25, 0.3) is 0 Å². The summed E-state index contributed by atoms with van der Waals surface area (Å²) in [5.74, 6) is -2.39. The Morgan fingerprint density at radius 1 is 0.912 bits per heavy atom. The SMILES string of the molecule is CCOC(=O)c1c(NC(=O)C2C3CCC(C3)C2C(=O)O)sc2c1CCCCCCCCCCC2. The van der Waals surface area contributed by atoms with Gasteiger partial charge in [-0.15, -0.1) is 11.3 Å². The zero-order valence-corrected chi connectivity index (χ0v) is 21.2. The quantitative estimate of drug-likeness (QED) is 0.479. The van der Waals surface area contributed by atoms with Gasteiger partial charge in [0.2, 0.25) is 5.91 Å². The number of esters is 1. The van der Waals surface area contributed by atoms with Crippen molar-refractivity contribution >= 4 is 34.2 Å². The Kier molecular flexibility index (Phi) is 8.67. The van der Waals surface area contributed by atoms with Crippen LogP contribution in [0.15, 0.2) is 0 Å². The Hall–Kier alpha value is -1.89. The molecule has 7 heteroatoms. The summed E-state index contributed by atoms with van der Waals surface area (Å²) in [5.41, 5.74) is 1.56. The van der Waals surface area contributed by atoms with Gasteiger partial charge in [0.1, 0.15) is 5.00 Å². The van der Waals surface area contributed by atoms with Gasteiger partial charge in [0.15, 0.2) is 0 Å². The van der Waals surface area contributed by atoms with Crippen molar-refractivity contribution in [3.05, 3.63) is 16.0 Å². The zero-order chi connectivity index (χ0) is 24.1. The fraction of sp³-hybridized carbons (Fsp3) is 0.741. The van der Waals surface area contributed by atoms with Crippen LogP contribution in [0.1, 0.15) is 105 Å². The molecule has 2 bridgehead atoms. The molecule has 0 aliphatic heterocycles. The van der Waals surface area contributed by atoms with Crippen LogP contribution >= 0.6 is 11.3 Å². The van der Waals surface area contributed by atoms with E-state index < -0.39 is 17.8 Å². The maximum absolute atomic E-state index is 13.4. The van der Waals surface area contributed by atoms with Crippen LogP contribution in [-0.4, -0.2) is 29.6 Å². The average Bonchev–Trinajstić information content (AvgIpc) is 3.50. The molecule has 34 heavy (non-hydrogen) atoms. The number of carboxylic acid groups (broad SMARTS) is 1. The van der Waals surface area contributed by atoms with Crippen LogP contribution < -0.4 is 5.32 Å². The van der Waals surface area contributed by atoms with E-state index in [-0.39, 0.29) is 30.3 Å². The fourth-order valence-electron chi connectivity index (χ4n) is 6.53. The van der Waals surface area contributed by atoms with Crippen molar-refractivity contribution in [1.82, 2.24) is 0 Å². The number of aryl methyl sites for hydroxylation is 1. The summed E-state index contributed by atoms with van der Waals surface area (Å²) in [6.45, 7) is 2.08. The predicted molar refractivity (Wildman–Crippen MR) is 133 cm³/mol. The first-order chi connectivity index (χ1) is 16.5. The van der Waals surface area contributed by atoms with Crippen molar-refractivity contribution in [3.8, 4) is 0 Å². The lowest BCUT2D eigenvalue weighted by atomic mass is 9.78. The number of fused-ring (bicyclic) bond motifs is 3. The number of hydrogen-bond acceptors (Lipinski definition) is 5. The van der Waals surface area contributed by atoms with E-state index in [9.17, 15) is 19.5 Å². The van der Waals surface area contributed by atoms with Crippen LogP contribution in [0.2, 0.25) is 0 Å². The standard InChI is InChI=1S/C27H39NO5S/c1-2-33-27(32)23-19-12-10-8-6-4-3-5-7-9-11-13-20(19)34-25(23)28-24(29)21-17-14-15-18(16-17)22(21)26(30)31/h17-18,21-22H,2-16H2,1H3,(H,28,29)(H,30,31). The molecule has 2 fully saturated rings. The number of amides is 1. The first-order valence-corrected chi connectivity index (χ1v) is 14.2. The number of carboxylic acids is 1. The molecule has 2 saturated carbocycles. The van der Waals surface area contributed by atoms with E-state index in [2.05, 4.69) is 5.32 Å². The fourth-order valence-corrected chi connectivity index (χ4v) is 7.81. The Balaban J connectivity index is 1.61. The number of aliphatic carboxylic acids is 1. The average molecular weight is 490 g/mol. The number of carbonyl (C=O) groups excluding carboxylic acids is 2. The molecule has 6 nitrogen and oxygen atoms in total. The van der Waals surface area contributed by atoms with Gasteiger partial charge in [0.05, 0.1) is 24.0 Å². The first kappa shape index (κ1) is 25.2.